The molecule has 0 aromatic heterocycles. The molecule has 0 bridgehead atoms. The van der Waals surface area contributed by atoms with Crippen LogP contribution in [0.1, 0.15) is 32.8 Å². The number of hydrogen-bond donors (Lipinski definition) is 2. The van der Waals surface area contributed by atoms with Crippen LogP contribution >= 0.6 is 0 Å². The van der Waals surface area contributed by atoms with Crippen LogP contribution in [0.4, 0.5) is 0 Å². The molecule has 0 unspecified atom stereocenters. The van der Waals surface area contributed by atoms with E-state index in [9.17, 15) is 0 Å². The molecular formula is C17H30N2O2. The van der Waals surface area contributed by atoms with Gasteiger partial charge >= 0.3 is 0 Å². The fraction of sp³-hybridized carbons (Fsp3) is 0.647. The Morgan fingerprint density at radius 1 is 0.905 bits per heavy atom. The SMILES string of the molecule is COc1cc(CCCNCCNC(C)(C)C)cc(OC)c1. The summed E-state index contributed by atoms with van der Waals surface area (Å²) < 4.78 is 10.6. The third kappa shape index (κ3) is 7.93. The zero-order valence-corrected chi connectivity index (χ0v) is 14.1. The van der Waals surface area contributed by atoms with Gasteiger partial charge in [0, 0.05) is 24.7 Å². The van der Waals surface area contributed by atoms with Crippen molar-refractivity contribution in [2.45, 2.75) is 39.2 Å². The largest absolute Gasteiger partial charge is 0.497 e. The Bertz CT molecular complexity index is 391. The lowest BCUT2D eigenvalue weighted by molar-refractivity contribution is 0.393. The minimum Gasteiger partial charge on any atom is -0.497 e. The third-order valence-electron chi connectivity index (χ3n) is 3.19. The molecule has 0 aliphatic carbocycles. The van der Waals surface area contributed by atoms with Crippen LogP contribution in [0.5, 0.6) is 11.5 Å². The minimum absolute atomic E-state index is 0.193. The maximum absolute atomic E-state index is 5.28. The normalized spacial score (nSPS) is 11.5. The highest BCUT2D eigenvalue weighted by Gasteiger charge is 2.06. The van der Waals surface area contributed by atoms with Gasteiger partial charge in [0.05, 0.1) is 14.2 Å². The van der Waals surface area contributed by atoms with Gasteiger partial charge in [0.1, 0.15) is 11.5 Å². The molecule has 1 rings (SSSR count). The quantitative estimate of drug-likeness (QED) is 0.687. The van der Waals surface area contributed by atoms with Gasteiger partial charge in [-0.05, 0) is 57.9 Å². The number of aryl methyl sites for hydroxylation is 1. The van der Waals surface area contributed by atoms with Crippen molar-refractivity contribution in [3.05, 3.63) is 23.8 Å². The van der Waals surface area contributed by atoms with E-state index in [1.54, 1.807) is 14.2 Å². The second kappa shape index (κ2) is 8.90. The van der Waals surface area contributed by atoms with Gasteiger partial charge in [-0.1, -0.05) is 0 Å². The van der Waals surface area contributed by atoms with Gasteiger partial charge in [0.25, 0.3) is 0 Å². The van der Waals surface area contributed by atoms with E-state index < -0.39 is 0 Å². The Morgan fingerprint density at radius 2 is 1.52 bits per heavy atom. The van der Waals surface area contributed by atoms with Crippen LogP contribution in [0.25, 0.3) is 0 Å². The molecule has 1 aromatic rings. The smallest absolute Gasteiger partial charge is 0.122 e. The van der Waals surface area contributed by atoms with Crippen molar-refractivity contribution in [2.75, 3.05) is 33.9 Å². The molecule has 0 fully saturated rings. The lowest BCUT2D eigenvalue weighted by atomic mass is 10.1. The van der Waals surface area contributed by atoms with Crippen LogP contribution in [-0.4, -0.2) is 39.4 Å². The molecule has 120 valence electrons. The Kier molecular flexibility index (Phi) is 7.54. The van der Waals surface area contributed by atoms with Gasteiger partial charge in [0.15, 0.2) is 0 Å². The summed E-state index contributed by atoms with van der Waals surface area (Å²) in [7, 11) is 3.37. The van der Waals surface area contributed by atoms with Crippen LogP contribution < -0.4 is 20.1 Å². The first-order valence-electron chi connectivity index (χ1n) is 7.62. The summed E-state index contributed by atoms with van der Waals surface area (Å²) in [5.41, 5.74) is 1.44. The first-order chi connectivity index (χ1) is 9.94. The Labute approximate surface area is 129 Å². The zero-order valence-electron chi connectivity index (χ0n) is 14.1. The van der Waals surface area contributed by atoms with Crippen LogP contribution in [-0.2, 0) is 6.42 Å². The van der Waals surface area contributed by atoms with Crippen molar-refractivity contribution in [1.29, 1.82) is 0 Å². The molecule has 2 N–H and O–H groups in total. The van der Waals surface area contributed by atoms with E-state index in [4.69, 9.17) is 9.47 Å². The van der Waals surface area contributed by atoms with E-state index in [1.165, 1.54) is 5.56 Å². The highest BCUT2D eigenvalue weighted by Crippen LogP contribution is 2.23. The van der Waals surface area contributed by atoms with Crippen molar-refractivity contribution in [1.82, 2.24) is 10.6 Å². The molecule has 21 heavy (non-hydrogen) atoms. The Hall–Kier alpha value is -1.26. The zero-order chi connectivity index (χ0) is 15.7. The molecule has 1 aromatic carbocycles. The average Bonchev–Trinajstić information content (AvgIpc) is 2.44. The Morgan fingerprint density at radius 3 is 2.05 bits per heavy atom. The fourth-order valence-electron chi connectivity index (χ4n) is 2.08. The standard InChI is InChI=1S/C17H30N2O2/c1-17(2,3)19-10-9-18-8-6-7-14-11-15(20-4)13-16(12-14)21-5/h11-13,18-19H,6-10H2,1-5H3. The summed E-state index contributed by atoms with van der Waals surface area (Å²) >= 11 is 0. The second-order valence-electron chi connectivity index (χ2n) is 6.25. The molecule has 0 amide bonds. The molecule has 0 atom stereocenters. The second-order valence-corrected chi connectivity index (χ2v) is 6.25. The number of rotatable bonds is 9. The number of benzene rings is 1. The topological polar surface area (TPSA) is 42.5 Å². The molecular weight excluding hydrogens is 264 g/mol. The lowest BCUT2D eigenvalue weighted by Gasteiger charge is -2.20. The summed E-state index contributed by atoms with van der Waals surface area (Å²) in [6.07, 6.45) is 2.12. The predicted octanol–water partition coefficient (Wildman–Crippen LogP) is 2.61. The molecule has 0 saturated heterocycles. The highest BCUT2D eigenvalue weighted by molar-refractivity contribution is 5.38. The molecule has 0 saturated carbocycles. The first kappa shape index (κ1) is 17.8. The predicted molar refractivity (Wildman–Crippen MR) is 88.5 cm³/mol. The molecule has 0 spiro atoms. The number of nitrogens with one attached hydrogen (secondary N) is 2. The molecule has 0 aliphatic rings. The van der Waals surface area contributed by atoms with Crippen LogP contribution in [0, 0.1) is 0 Å². The molecule has 0 radical (unpaired) electrons. The first-order valence-corrected chi connectivity index (χ1v) is 7.62. The summed E-state index contributed by atoms with van der Waals surface area (Å²) in [6.45, 7) is 9.57. The third-order valence-corrected chi connectivity index (χ3v) is 3.19. The van der Waals surface area contributed by atoms with Crippen LogP contribution in [0.3, 0.4) is 0 Å². The highest BCUT2D eigenvalue weighted by atomic mass is 16.5. The number of methoxy groups -OCH3 is 2. The van der Waals surface area contributed by atoms with Gasteiger partial charge in [-0.3, -0.25) is 0 Å². The van der Waals surface area contributed by atoms with Crippen molar-refractivity contribution in [2.24, 2.45) is 0 Å². The summed E-state index contributed by atoms with van der Waals surface area (Å²) in [4.78, 5) is 0. The van der Waals surface area contributed by atoms with Crippen molar-refractivity contribution in [3.63, 3.8) is 0 Å². The van der Waals surface area contributed by atoms with Gasteiger partial charge in [0.2, 0.25) is 0 Å². The fourth-order valence-corrected chi connectivity index (χ4v) is 2.08. The lowest BCUT2D eigenvalue weighted by Crippen LogP contribution is -2.40. The molecule has 4 heteroatoms. The average molecular weight is 294 g/mol. The maximum Gasteiger partial charge on any atom is 0.122 e. The van der Waals surface area contributed by atoms with Crippen molar-refractivity contribution >= 4 is 0 Å². The van der Waals surface area contributed by atoms with Crippen molar-refractivity contribution in [3.8, 4) is 11.5 Å². The van der Waals surface area contributed by atoms with E-state index in [2.05, 4.69) is 43.5 Å². The van der Waals surface area contributed by atoms with E-state index in [1.807, 2.05) is 6.07 Å². The van der Waals surface area contributed by atoms with E-state index in [0.717, 1.165) is 44.0 Å². The van der Waals surface area contributed by atoms with Gasteiger partial charge in [-0.25, -0.2) is 0 Å². The minimum atomic E-state index is 0.193. The summed E-state index contributed by atoms with van der Waals surface area (Å²) in [5, 5.41) is 6.93. The number of ether oxygens (including phenoxy) is 2. The Balaban J connectivity index is 2.23. The number of hydrogen-bond acceptors (Lipinski definition) is 4. The van der Waals surface area contributed by atoms with E-state index in [-0.39, 0.29) is 5.54 Å². The maximum atomic E-state index is 5.28. The molecule has 4 nitrogen and oxygen atoms in total. The van der Waals surface area contributed by atoms with Gasteiger partial charge < -0.3 is 20.1 Å². The van der Waals surface area contributed by atoms with Crippen LogP contribution in [0.2, 0.25) is 0 Å². The van der Waals surface area contributed by atoms with Crippen molar-refractivity contribution < 1.29 is 9.47 Å². The van der Waals surface area contributed by atoms with Gasteiger partial charge in [-0.15, -0.1) is 0 Å². The van der Waals surface area contributed by atoms with E-state index in [0.29, 0.717) is 0 Å². The monoisotopic (exact) mass is 294 g/mol. The molecule has 0 heterocycles. The molecule has 0 aliphatic heterocycles. The van der Waals surface area contributed by atoms with Crippen LogP contribution in [0.15, 0.2) is 18.2 Å². The summed E-state index contributed by atoms with van der Waals surface area (Å²) in [5.74, 6) is 1.71. The van der Waals surface area contributed by atoms with Gasteiger partial charge in [-0.2, -0.15) is 0 Å². The van der Waals surface area contributed by atoms with E-state index >= 15 is 0 Å². The summed E-state index contributed by atoms with van der Waals surface area (Å²) in [6, 6.07) is 6.05.